The van der Waals surface area contributed by atoms with Crippen LogP contribution >= 0.6 is 0 Å². The van der Waals surface area contributed by atoms with Crippen molar-refractivity contribution in [2.75, 3.05) is 7.05 Å². The molecule has 1 atom stereocenters. The van der Waals surface area contributed by atoms with Crippen LogP contribution in [0.5, 0.6) is 0 Å². The molecule has 0 aliphatic carbocycles. The minimum Gasteiger partial charge on any atom is -0.444 e. The van der Waals surface area contributed by atoms with Crippen LogP contribution in [0.4, 0.5) is 4.79 Å². The van der Waals surface area contributed by atoms with Gasteiger partial charge in [-0.3, -0.25) is 9.88 Å². The lowest BCUT2D eigenvalue weighted by molar-refractivity contribution is -0.112. The Kier molecular flexibility index (Phi) is 4.68. The highest BCUT2D eigenvalue weighted by Crippen LogP contribution is 2.23. The topological polar surface area (TPSA) is 59.5 Å². The van der Waals surface area contributed by atoms with Crippen LogP contribution in [0.25, 0.3) is 10.9 Å². The van der Waals surface area contributed by atoms with Gasteiger partial charge < -0.3 is 9.53 Å². The molecule has 0 aliphatic rings. The molecule has 122 valence electrons. The lowest BCUT2D eigenvalue weighted by Crippen LogP contribution is -2.37. The average molecular weight is 314 g/mol. The number of nitrogens with zero attached hydrogens (tertiary/aromatic N) is 2. The number of amides is 1. The molecule has 2 rings (SSSR count). The fourth-order valence-electron chi connectivity index (χ4n) is 2.27. The van der Waals surface area contributed by atoms with E-state index in [9.17, 15) is 9.59 Å². The summed E-state index contributed by atoms with van der Waals surface area (Å²) in [5.41, 5.74) is 1.91. The number of hydrogen-bond donors (Lipinski definition) is 0. The van der Waals surface area contributed by atoms with Crippen molar-refractivity contribution >= 4 is 23.3 Å². The fourth-order valence-corrected chi connectivity index (χ4v) is 2.27. The van der Waals surface area contributed by atoms with E-state index in [0.717, 1.165) is 28.4 Å². The molecule has 1 aromatic carbocycles. The van der Waals surface area contributed by atoms with Gasteiger partial charge in [0, 0.05) is 18.1 Å². The SMILES string of the molecule is Cc1ccc2cc(C(C=O)N(C)C(=O)OC(C)(C)C)ccc2n1. The number of aromatic nitrogens is 1. The van der Waals surface area contributed by atoms with Crippen molar-refractivity contribution in [2.45, 2.75) is 39.3 Å². The highest BCUT2D eigenvalue weighted by molar-refractivity contribution is 5.82. The van der Waals surface area contributed by atoms with Crippen molar-refractivity contribution in [1.29, 1.82) is 0 Å². The van der Waals surface area contributed by atoms with Crippen LogP contribution in [0.15, 0.2) is 30.3 Å². The van der Waals surface area contributed by atoms with Crippen molar-refractivity contribution in [3.8, 4) is 0 Å². The van der Waals surface area contributed by atoms with Crippen molar-refractivity contribution in [1.82, 2.24) is 9.88 Å². The van der Waals surface area contributed by atoms with Crippen LogP contribution in [0, 0.1) is 6.92 Å². The summed E-state index contributed by atoms with van der Waals surface area (Å²) in [4.78, 5) is 29.5. The molecule has 23 heavy (non-hydrogen) atoms. The van der Waals surface area contributed by atoms with Gasteiger partial charge in [0.2, 0.25) is 0 Å². The Labute approximate surface area is 136 Å². The second-order valence-electron chi connectivity index (χ2n) is 6.58. The summed E-state index contributed by atoms with van der Waals surface area (Å²) in [5.74, 6) is 0. The Morgan fingerprint density at radius 2 is 1.96 bits per heavy atom. The number of carbonyl (C=O) groups is 2. The number of carbonyl (C=O) groups excluding carboxylic acids is 2. The molecule has 0 fully saturated rings. The molecule has 1 amide bonds. The molecule has 0 saturated heterocycles. The fraction of sp³-hybridized carbons (Fsp3) is 0.389. The highest BCUT2D eigenvalue weighted by atomic mass is 16.6. The summed E-state index contributed by atoms with van der Waals surface area (Å²) in [7, 11) is 1.56. The van der Waals surface area contributed by atoms with Crippen LogP contribution in [-0.4, -0.2) is 34.9 Å². The number of fused-ring (bicyclic) bond motifs is 1. The Bertz CT molecular complexity index is 735. The predicted octanol–water partition coefficient (Wildman–Crippen LogP) is 3.65. The smallest absolute Gasteiger partial charge is 0.410 e. The largest absolute Gasteiger partial charge is 0.444 e. The Hall–Kier alpha value is -2.43. The molecule has 1 aromatic heterocycles. The monoisotopic (exact) mass is 314 g/mol. The van der Waals surface area contributed by atoms with Crippen molar-refractivity contribution in [3.05, 3.63) is 41.6 Å². The number of rotatable bonds is 3. The molecule has 0 N–H and O–H groups in total. The van der Waals surface area contributed by atoms with Crippen LogP contribution in [0.3, 0.4) is 0 Å². The lowest BCUT2D eigenvalue weighted by Gasteiger charge is -2.28. The summed E-state index contributed by atoms with van der Waals surface area (Å²) in [6.45, 7) is 7.30. The molecule has 1 heterocycles. The highest BCUT2D eigenvalue weighted by Gasteiger charge is 2.26. The Balaban J connectivity index is 2.31. The molecule has 0 aliphatic heterocycles. The zero-order valence-electron chi connectivity index (χ0n) is 14.2. The molecule has 0 bridgehead atoms. The maximum absolute atomic E-state index is 12.2. The third-order valence-electron chi connectivity index (χ3n) is 3.42. The van der Waals surface area contributed by atoms with Gasteiger partial charge in [-0.1, -0.05) is 12.1 Å². The van der Waals surface area contributed by atoms with Gasteiger partial charge in [-0.15, -0.1) is 0 Å². The summed E-state index contributed by atoms with van der Waals surface area (Å²) >= 11 is 0. The van der Waals surface area contributed by atoms with Crippen molar-refractivity contribution in [3.63, 3.8) is 0 Å². The van der Waals surface area contributed by atoms with Gasteiger partial charge in [0.15, 0.2) is 0 Å². The molecule has 1 unspecified atom stereocenters. The number of hydrogen-bond acceptors (Lipinski definition) is 4. The van der Waals surface area contributed by atoms with E-state index in [2.05, 4.69) is 4.98 Å². The Morgan fingerprint density at radius 1 is 1.26 bits per heavy atom. The maximum Gasteiger partial charge on any atom is 0.410 e. The third-order valence-corrected chi connectivity index (χ3v) is 3.42. The van der Waals surface area contributed by atoms with Gasteiger partial charge in [-0.05, 0) is 51.5 Å². The van der Waals surface area contributed by atoms with E-state index in [4.69, 9.17) is 4.74 Å². The first-order valence-corrected chi connectivity index (χ1v) is 7.50. The number of likely N-dealkylation sites (N-methyl/N-ethyl adjacent to an activating group) is 1. The summed E-state index contributed by atoms with van der Waals surface area (Å²) in [6, 6.07) is 8.72. The molecular weight excluding hydrogens is 292 g/mol. The van der Waals surface area contributed by atoms with Crippen LogP contribution in [0.2, 0.25) is 0 Å². The van der Waals surface area contributed by atoms with Gasteiger partial charge in [-0.25, -0.2) is 4.79 Å². The van der Waals surface area contributed by atoms with E-state index in [1.807, 2.05) is 37.3 Å². The van der Waals surface area contributed by atoms with Gasteiger partial charge in [0.05, 0.1) is 5.52 Å². The molecule has 5 nitrogen and oxygen atoms in total. The van der Waals surface area contributed by atoms with E-state index in [1.54, 1.807) is 27.8 Å². The number of ether oxygens (including phenoxy) is 1. The zero-order valence-corrected chi connectivity index (χ0v) is 14.2. The minimum atomic E-state index is -0.699. The van der Waals surface area contributed by atoms with Crippen LogP contribution < -0.4 is 0 Å². The summed E-state index contributed by atoms with van der Waals surface area (Å²) < 4.78 is 5.32. The lowest BCUT2D eigenvalue weighted by atomic mass is 10.0. The normalized spacial score (nSPS) is 12.7. The van der Waals surface area contributed by atoms with Crippen molar-refractivity contribution < 1.29 is 14.3 Å². The van der Waals surface area contributed by atoms with Crippen molar-refractivity contribution in [2.24, 2.45) is 0 Å². The summed E-state index contributed by atoms with van der Waals surface area (Å²) in [5, 5.41) is 0.928. The van der Waals surface area contributed by atoms with Crippen LogP contribution in [-0.2, 0) is 9.53 Å². The zero-order chi connectivity index (χ0) is 17.2. The van der Waals surface area contributed by atoms with E-state index in [1.165, 1.54) is 4.90 Å². The Morgan fingerprint density at radius 3 is 2.57 bits per heavy atom. The molecular formula is C18H22N2O3. The second kappa shape index (κ2) is 6.36. The first kappa shape index (κ1) is 16.9. The summed E-state index contributed by atoms with van der Waals surface area (Å²) in [6.07, 6.45) is 0.212. The number of benzene rings is 1. The van der Waals surface area contributed by atoms with E-state index in [-0.39, 0.29) is 0 Å². The first-order valence-electron chi connectivity index (χ1n) is 7.50. The van der Waals surface area contributed by atoms with Gasteiger partial charge in [0.1, 0.15) is 17.9 Å². The second-order valence-corrected chi connectivity index (χ2v) is 6.58. The molecule has 0 saturated carbocycles. The van der Waals surface area contributed by atoms with Crippen LogP contribution in [0.1, 0.15) is 38.1 Å². The van der Waals surface area contributed by atoms with E-state index < -0.39 is 17.7 Å². The molecule has 0 spiro atoms. The van der Waals surface area contributed by atoms with Gasteiger partial charge >= 0.3 is 6.09 Å². The van der Waals surface area contributed by atoms with E-state index in [0.29, 0.717) is 0 Å². The molecule has 2 aromatic rings. The minimum absolute atomic E-state index is 0.531. The predicted molar refractivity (Wildman–Crippen MR) is 89.3 cm³/mol. The third kappa shape index (κ3) is 4.06. The molecule has 5 heteroatoms. The first-order chi connectivity index (χ1) is 10.7. The quantitative estimate of drug-likeness (QED) is 0.811. The number of aryl methyl sites for hydroxylation is 1. The standard InChI is InChI=1S/C18H22N2O3/c1-12-6-7-13-10-14(8-9-15(13)19-12)16(11-21)20(5)17(22)23-18(2,3)4/h6-11,16H,1-5H3. The maximum atomic E-state index is 12.2. The van der Waals surface area contributed by atoms with Gasteiger partial charge in [-0.2, -0.15) is 0 Å². The number of pyridine rings is 1. The van der Waals surface area contributed by atoms with E-state index >= 15 is 0 Å². The van der Waals surface area contributed by atoms with Gasteiger partial charge in [0.25, 0.3) is 0 Å². The number of aldehydes is 1. The average Bonchev–Trinajstić information content (AvgIpc) is 2.46. The molecule has 0 radical (unpaired) electrons.